The van der Waals surface area contributed by atoms with Crippen LogP contribution in [0.1, 0.15) is 24.3 Å². The van der Waals surface area contributed by atoms with Crippen LogP contribution in [0, 0.1) is 11.6 Å². The first-order chi connectivity index (χ1) is 7.18. The smallest absolute Gasteiger partial charge is 0.227 e. The fourth-order valence-electron chi connectivity index (χ4n) is 1.85. The number of hydrogen-bond donors (Lipinski definition) is 1. The summed E-state index contributed by atoms with van der Waals surface area (Å²) in [6, 6.07) is 3.34. The minimum absolute atomic E-state index is 0.174. The average Bonchev–Trinajstić information content (AvgIpc) is 2.20. The third-order valence-electron chi connectivity index (χ3n) is 2.62. The molecule has 1 atom stereocenters. The lowest BCUT2D eigenvalue weighted by Crippen LogP contribution is -2.35. The van der Waals surface area contributed by atoms with Crippen molar-refractivity contribution in [2.24, 2.45) is 0 Å². The van der Waals surface area contributed by atoms with Gasteiger partial charge in [-0.1, -0.05) is 6.07 Å². The molecule has 80 valence electrons. The van der Waals surface area contributed by atoms with Crippen LogP contribution in [0.2, 0.25) is 0 Å². The number of amides is 1. The van der Waals surface area contributed by atoms with Crippen LogP contribution in [-0.2, 0) is 4.79 Å². The second-order valence-corrected chi connectivity index (χ2v) is 3.65. The van der Waals surface area contributed by atoms with Crippen molar-refractivity contribution in [2.75, 3.05) is 6.54 Å². The van der Waals surface area contributed by atoms with Crippen LogP contribution >= 0.6 is 0 Å². The summed E-state index contributed by atoms with van der Waals surface area (Å²) in [4.78, 5) is 11.5. The van der Waals surface area contributed by atoms with Gasteiger partial charge in [-0.2, -0.15) is 0 Å². The van der Waals surface area contributed by atoms with Crippen molar-refractivity contribution < 1.29 is 13.6 Å². The lowest BCUT2D eigenvalue weighted by Gasteiger charge is -2.22. The van der Waals surface area contributed by atoms with Gasteiger partial charge in [-0.25, -0.2) is 8.78 Å². The lowest BCUT2D eigenvalue weighted by molar-refractivity contribution is -0.123. The van der Waals surface area contributed by atoms with E-state index in [-0.39, 0.29) is 11.5 Å². The fourth-order valence-corrected chi connectivity index (χ4v) is 1.85. The molecular weight excluding hydrogens is 200 g/mol. The van der Waals surface area contributed by atoms with E-state index in [1.165, 1.54) is 12.1 Å². The first kappa shape index (κ1) is 10.1. The molecule has 4 heteroatoms. The van der Waals surface area contributed by atoms with Crippen molar-refractivity contribution in [3.8, 4) is 0 Å². The Morgan fingerprint density at radius 3 is 2.80 bits per heavy atom. The number of carbonyl (C=O) groups excluding carboxylic acids is 1. The lowest BCUT2D eigenvalue weighted by atomic mass is 9.90. The molecule has 1 fully saturated rings. The van der Waals surface area contributed by atoms with Crippen LogP contribution in [0.3, 0.4) is 0 Å². The number of piperidine rings is 1. The summed E-state index contributed by atoms with van der Waals surface area (Å²) >= 11 is 0. The van der Waals surface area contributed by atoms with E-state index in [1.807, 2.05) is 0 Å². The molecule has 2 rings (SSSR count). The van der Waals surface area contributed by atoms with Crippen LogP contribution in [0.4, 0.5) is 8.78 Å². The largest absolute Gasteiger partial charge is 0.356 e. The Hall–Kier alpha value is -1.45. The van der Waals surface area contributed by atoms with Crippen LogP contribution in [0.15, 0.2) is 18.2 Å². The Bertz CT molecular complexity index is 392. The second-order valence-electron chi connectivity index (χ2n) is 3.65. The van der Waals surface area contributed by atoms with E-state index in [0.717, 1.165) is 12.5 Å². The first-order valence-electron chi connectivity index (χ1n) is 4.91. The minimum Gasteiger partial charge on any atom is -0.356 e. The van der Waals surface area contributed by atoms with E-state index in [9.17, 15) is 13.6 Å². The minimum atomic E-state index is -0.642. The summed E-state index contributed by atoms with van der Waals surface area (Å²) in [5.74, 6) is -1.91. The molecule has 1 saturated heterocycles. The highest BCUT2D eigenvalue weighted by atomic mass is 19.1. The zero-order valence-corrected chi connectivity index (χ0v) is 8.09. The molecule has 1 N–H and O–H groups in total. The molecule has 1 unspecified atom stereocenters. The Morgan fingerprint density at radius 1 is 1.33 bits per heavy atom. The molecule has 0 spiro atoms. The zero-order chi connectivity index (χ0) is 10.8. The highest BCUT2D eigenvalue weighted by Crippen LogP contribution is 2.26. The van der Waals surface area contributed by atoms with Gasteiger partial charge in [-0.05, 0) is 18.9 Å². The van der Waals surface area contributed by atoms with Crippen molar-refractivity contribution in [2.45, 2.75) is 18.8 Å². The number of halogens is 2. The van der Waals surface area contributed by atoms with Gasteiger partial charge in [0.15, 0.2) is 0 Å². The van der Waals surface area contributed by atoms with Crippen molar-refractivity contribution >= 4 is 5.91 Å². The average molecular weight is 211 g/mol. The molecule has 1 heterocycles. The Balaban J connectivity index is 2.31. The quantitative estimate of drug-likeness (QED) is 0.755. The van der Waals surface area contributed by atoms with Gasteiger partial charge in [0.25, 0.3) is 0 Å². The predicted octanol–water partition coefficient (Wildman–Crippen LogP) is 1.96. The molecule has 0 aromatic heterocycles. The molecule has 15 heavy (non-hydrogen) atoms. The summed E-state index contributed by atoms with van der Waals surface area (Å²) in [6.45, 7) is 0.637. The van der Waals surface area contributed by atoms with Gasteiger partial charge < -0.3 is 5.32 Å². The van der Waals surface area contributed by atoms with Crippen LogP contribution in [0.5, 0.6) is 0 Å². The van der Waals surface area contributed by atoms with Gasteiger partial charge in [0.1, 0.15) is 11.6 Å². The number of hydrogen-bond acceptors (Lipinski definition) is 1. The topological polar surface area (TPSA) is 29.1 Å². The van der Waals surface area contributed by atoms with Gasteiger partial charge in [-0.15, -0.1) is 0 Å². The third-order valence-corrected chi connectivity index (χ3v) is 2.62. The fraction of sp³-hybridized carbons (Fsp3) is 0.364. The highest BCUT2D eigenvalue weighted by molar-refractivity contribution is 5.84. The molecule has 0 saturated carbocycles. The molecule has 1 amide bonds. The van der Waals surface area contributed by atoms with Crippen molar-refractivity contribution in [3.63, 3.8) is 0 Å². The van der Waals surface area contributed by atoms with Gasteiger partial charge in [0.2, 0.25) is 5.91 Å². The molecule has 0 bridgehead atoms. The van der Waals surface area contributed by atoms with Gasteiger partial charge in [0, 0.05) is 18.2 Å². The van der Waals surface area contributed by atoms with Crippen molar-refractivity contribution in [3.05, 3.63) is 35.4 Å². The summed E-state index contributed by atoms with van der Waals surface area (Å²) in [7, 11) is 0. The molecular formula is C11H11F2NO. The standard InChI is InChI=1S/C11H11F2NO/c12-7-3-4-8(10(13)6-7)9-2-1-5-14-11(9)15/h3-4,6,9H,1-2,5H2,(H,14,15). The Labute approximate surface area is 86.3 Å². The molecule has 0 aliphatic carbocycles. The van der Waals surface area contributed by atoms with Crippen molar-refractivity contribution in [1.82, 2.24) is 5.32 Å². The molecule has 1 aromatic carbocycles. The summed E-state index contributed by atoms with van der Waals surface area (Å²) < 4.78 is 26.1. The Morgan fingerprint density at radius 2 is 2.13 bits per heavy atom. The van der Waals surface area contributed by atoms with E-state index >= 15 is 0 Å². The van der Waals surface area contributed by atoms with Crippen LogP contribution in [0.25, 0.3) is 0 Å². The van der Waals surface area contributed by atoms with Gasteiger partial charge in [0.05, 0.1) is 5.92 Å². The summed E-state index contributed by atoms with van der Waals surface area (Å²) in [5, 5.41) is 2.67. The molecule has 0 radical (unpaired) electrons. The first-order valence-corrected chi connectivity index (χ1v) is 4.91. The summed E-state index contributed by atoms with van der Waals surface area (Å²) in [5.41, 5.74) is 0.286. The second kappa shape index (κ2) is 3.96. The number of carbonyl (C=O) groups is 1. The SMILES string of the molecule is O=C1NCCCC1c1ccc(F)cc1F. The number of rotatable bonds is 1. The molecule has 1 aliphatic rings. The predicted molar refractivity (Wildman–Crippen MR) is 51.3 cm³/mol. The zero-order valence-electron chi connectivity index (χ0n) is 8.09. The monoisotopic (exact) mass is 211 g/mol. The maximum absolute atomic E-state index is 13.4. The number of nitrogens with one attached hydrogen (secondary N) is 1. The van der Waals surface area contributed by atoms with E-state index in [1.54, 1.807) is 0 Å². The van der Waals surface area contributed by atoms with Crippen LogP contribution in [-0.4, -0.2) is 12.5 Å². The Kier molecular flexibility index (Phi) is 2.66. The highest BCUT2D eigenvalue weighted by Gasteiger charge is 2.26. The van der Waals surface area contributed by atoms with E-state index in [0.29, 0.717) is 13.0 Å². The molecule has 2 nitrogen and oxygen atoms in total. The van der Waals surface area contributed by atoms with Crippen LogP contribution < -0.4 is 5.32 Å². The summed E-state index contributed by atoms with van der Waals surface area (Å²) in [6.07, 6.45) is 1.45. The van der Waals surface area contributed by atoms with E-state index in [2.05, 4.69) is 5.32 Å². The van der Waals surface area contributed by atoms with E-state index < -0.39 is 17.6 Å². The number of benzene rings is 1. The third kappa shape index (κ3) is 1.98. The maximum atomic E-state index is 13.4. The van der Waals surface area contributed by atoms with Gasteiger partial charge >= 0.3 is 0 Å². The van der Waals surface area contributed by atoms with Crippen molar-refractivity contribution in [1.29, 1.82) is 0 Å². The van der Waals surface area contributed by atoms with Gasteiger partial charge in [-0.3, -0.25) is 4.79 Å². The molecule has 1 aromatic rings. The van der Waals surface area contributed by atoms with E-state index in [4.69, 9.17) is 0 Å². The normalized spacial score (nSPS) is 21.2. The maximum Gasteiger partial charge on any atom is 0.227 e. The molecule has 1 aliphatic heterocycles.